The molecule has 1 fully saturated rings. The number of rotatable bonds is 1. The summed E-state index contributed by atoms with van der Waals surface area (Å²) in [5, 5.41) is 0. The second-order valence-corrected chi connectivity index (χ2v) is 4.32. The maximum absolute atomic E-state index is 11.4. The van der Waals surface area contributed by atoms with E-state index in [1.54, 1.807) is 0 Å². The lowest BCUT2D eigenvalue weighted by atomic mass is 10.2. The Morgan fingerprint density at radius 2 is 1.69 bits per heavy atom. The molecule has 1 saturated heterocycles. The van der Waals surface area contributed by atoms with Gasteiger partial charge in [-0.15, -0.1) is 0 Å². The highest BCUT2D eigenvalue weighted by molar-refractivity contribution is 7.99. The molecule has 78 valence electrons. The van der Waals surface area contributed by atoms with Gasteiger partial charge in [0.1, 0.15) is 0 Å². The highest BCUT2D eigenvalue weighted by atomic mass is 32.2. The summed E-state index contributed by atoms with van der Waals surface area (Å²) in [5.74, 6) is 2.69. The molecule has 13 heavy (non-hydrogen) atoms. The molecule has 0 spiro atoms. The van der Waals surface area contributed by atoms with Crippen LogP contribution in [-0.2, 0) is 4.79 Å². The van der Waals surface area contributed by atoms with Gasteiger partial charge in [-0.1, -0.05) is 27.7 Å². The van der Waals surface area contributed by atoms with E-state index in [0.29, 0.717) is 5.91 Å². The molecule has 2 nitrogen and oxygen atoms in total. The van der Waals surface area contributed by atoms with Gasteiger partial charge in [0.2, 0.25) is 5.91 Å². The quantitative estimate of drug-likeness (QED) is 0.651. The zero-order valence-corrected chi connectivity index (χ0v) is 9.99. The van der Waals surface area contributed by atoms with Crippen LogP contribution in [0.15, 0.2) is 0 Å². The van der Waals surface area contributed by atoms with E-state index >= 15 is 0 Å². The Balaban J connectivity index is 0.000000671. The number of nitrogens with zero attached hydrogens (tertiary/aromatic N) is 1. The van der Waals surface area contributed by atoms with E-state index in [9.17, 15) is 4.79 Å². The predicted octanol–water partition coefficient (Wildman–Crippen LogP) is 2.24. The Morgan fingerprint density at radius 1 is 1.23 bits per heavy atom. The lowest BCUT2D eigenvalue weighted by Gasteiger charge is -2.27. The smallest absolute Gasteiger partial charge is 0.225 e. The van der Waals surface area contributed by atoms with Crippen LogP contribution in [0.2, 0.25) is 0 Å². The zero-order chi connectivity index (χ0) is 10.3. The first-order chi connectivity index (χ1) is 6.22. The van der Waals surface area contributed by atoms with Crippen LogP contribution < -0.4 is 0 Å². The first-order valence-corrected chi connectivity index (χ1v) is 6.24. The summed E-state index contributed by atoms with van der Waals surface area (Å²) in [6.07, 6.45) is 0. The van der Waals surface area contributed by atoms with Crippen molar-refractivity contribution in [3.63, 3.8) is 0 Å². The number of thioether (sulfide) groups is 1. The van der Waals surface area contributed by atoms with Crippen LogP contribution in [0.4, 0.5) is 0 Å². The van der Waals surface area contributed by atoms with E-state index < -0.39 is 0 Å². The minimum Gasteiger partial charge on any atom is -0.341 e. The summed E-state index contributed by atoms with van der Waals surface area (Å²) in [6.45, 7) is 9.82. The summed E-state index contributed by atoms with van der Waals surface area (Å²) in [7, 11) is 0. The molecule has 0 atom stereocenters. The molecule has 1 rings (SSSR count). The Morgan fingerprint density at radius 3 is 2.08 bits per heavy atom. The molecule has 1 amide bonds. The van der Waals surface area contributed by atoms with Gasteiger partial charge in [0, 0.05) is 30.5 Å². The van der Waals surface area contributed by atoms with E-state index in [0.717, 1.165) is 24.6 Å². The second-order valence-electron chi connectivity index (χ2n) is 3.09. The Bertz CT molecular complexity index is 142. The van der Waals surface area contributed by atoms with Gasteiger partial charge < -0.3 is 4.90 Å². The topological polar surface area (TPSA) is 20.3 Å². The number of hydrogen-bond acceptors (Lipinski definition) is 2. The van der Waals surface area contributed by atoms with Crippen molar-refractivity contribution in [1.29, 1.82) is 0 Å². The average molecular weight is 203 g/mol. The largest absolute Gasteiger partial charge is 0.341 e. The molecule has 1 aliphatic heterocycles. The third-order valence-corrected chi connectivity index (χ3v) is 2.76. The van der Waals surface area contributed by atoms with Crippen molar-refractivity contribution in [2.75, 3.05) is 24.6 Å². The first-order valence-electron chi connectivity index (χ1n) is 5.08. The van der Waals surface area contributed by atoms with Crippen LogP contribution in [0, 0.1) is 5.92 Å². The molecule has 0 bridgehead atoms. The van der Waals surface area contributed by atoms with E-state index in [-0.39, 0.29) is 5.92 Å². The fourth-order valence-corrected chi connectivity index (χ4v) is 2.05. The molecule has 0 aromatic carbocycles. The Hall–Kier alpha value is -0.180. The lowest BCUT2D eigenvalue weighted by molar-refractivity contribution is -0.134. The van der Waals surface area contributed by atoms with Gasteiger partial charge in [0.05, 0.1) is 0 Å². The SMILES string of the molecule is CC.CC(C)C(=O)N1CCSCC1. The third kappa shape index (κ3) is 4.55. The van der Waals surface area contributed by atoms with Crippen molar-refractivity contribution in [3.8, 4) is 0 Å². The molecule has 0 unspecified atom stereocenters. The maximum Gasteiger partial charge on any atom is 0.225 e. The predicted molar refractivity (Wildman–Crippen MR) is 60.1 cm³/mol. The Kier molecular flexibility index (Phi) is 7.14. The molecule has 1 aliphatic rings. The maximum atomic E-state index is 11.4. The molecule has 0 N–H and O–H groups in total. The number of amides is 1. The lowest BCUT2D eigenvalue weighted by Crippen LogP contribution is -2.40. The van der Waals surface area contributed by atoms with Crippen molar-refractivity contribution in [1.82, 2.24) is 4.90 Å². The number of hydrogen-bond donors (Lipinski definition) is 0. The van der Waals surface area contributed by atoms with Crippen LogP contribution >= 0.6 is 11.8 Å². The average Bonchev–Trinajstić information content (AvgIpc) is 2.21. The number of carbonyl (C=O) groups excluding carboxylic acids is 1. The van der Waals surface area contributed by atoms with Crippen molar-refractivity contribution in [2.24, 2.45) is 5.92 Å². The van der Waals surface area contributed by atoms with Crippen molar-refractivity contribution in [2.45, 2.75) is 27.7 Å². The molecule has 0 saturated carbocycles. The van der Waals surface area contributed by atoms with Crippen LogP contribution in [0.1, 0.15) is 27.7 Å². The minimum atomic E-state index is 0.165. The monoisotopic (exact) mass is 203 g/mol. The normalized spacial score (nSPS) is 16.5. The molecule has 3 heteroatoms. The molecule has 1 heterocycles. The van der Waals surface area contributed by atoms with E-state index in [1.165, 1.54) is 0 Å². The van der Waals surface area contributed by atoms with E-state index in [1.807, 2.05) is 44.4 Å². The van der Waals surface area contributed by atoms with Gasteiger partial charge in [-0.2, -0.15) is 11.8 Å². The number of carbonyl (C=O) groups is 1. The van der Waals surface area contributed by atoms with Gasteiger partial charge in [-0.25, -0.2) is 0 Å². The van der Waals surface area contributed by atoms with E-state index in [4.69, 9.17) is 0 Å². The third-order valence-electron chi connectivity index (χ3n) is 1.82. The molecular weight excluding hydrogens is 182 g/mol. The fourth-order valence-electron chi connectivity index (χ4n) is 1.15. The zero-order valence-electron chi connectivity index (χ0n) is 9.17. The fraction of sp³-hybridized carbons (Fsp3) is 0.900. The van der Waals surface area contributed by atoms with Crippen LogP contribution in [-0.4, -0.2) is 35.4 Å². The molecule has 0 aliphatic carbocycles. The highest BCUT2D eigenvalue weighted by Gasteiger charge is 2.18. The van der Waals surface area contributed by atoms with Gasteiger partial charge in [0.15, 0.2) is 0 Å². The molecule has 0 radical (unpaired) electrons. The molecule has 0 aromatic heterocycles. The van der Waals surface area contributed by atoms with Crippen molar-refractivity contribution < 1.29 is 4.79 Å². The Labute approximate surface area is 86.1 Å². The van der Waals surface area contributed by atoms with Crippen LogP contribution in [0.5, 0.6) is 0 Å². The van der Waals surface area contributed by atoms with Gasteiger partial charge in [0.25, 0.3) is 0 Å². The van der Waals surface area contributed by atoms with Crippen LogP contribution in [0.3, 0.4) is 0 Å². The standard InChI is InChI=1S/C8H15NOS.C2H6/c1-7(2)8(10)9-3-5-11-6-4-9;1-2/h7H,3-6H2,1-2H3;1-2H3. The summed E-state index contributed by atoms with van der Waals surface area (Å²) >= 11 is 1.93. The highest BCUT2D eigenvalue weighted by Crippen LogP contribution is 2.11. The first kappa shape index (κ1) is 12.8. The molecule has 0 aromatic rings. The minimum absolute atomic E-state index is 0.165. The summed E-state index contributed by atoms with van der Waals surface area (Å²) in [4.78, 5) is 13.4. The van der Waals surface area contributed by atoms with Crippen molar-refractivity contribution >= 4 is 17.7 Å². The van der Waals surface area contributed by atoms with Gasteiger partial charge >= 0.3 is 0 Å². The van der Waals surface area contributed by atoms with Gasteiger partial charge in [-0.3, -0.25) is 4.79 Å². The second kappa shape index (κ2) is 7.25. The summed E-state index contributed by atoms with van der Waals surface area (Å²) in [6, 6.07) is 0. The van der Waals surface area contributed by atoms with Crippen LogP contribution in [0.25, 0.3) is 0 Å². The van der Waals surface area contributed by atoms with Crippen molar-refractivity contribution in [3.05, 3.63) is 0 Å². The van der Waals surface area contributed by atoms with Gasteiger partial charge in [-0.05, 0) is 0 Å². The summed E-state index contributed by atoms with van der Waals surface area (Å²) in [5.41, 5.74) is 0. The molecular formula is C10H21NOS. The summed E-state index contributed by atoms with van der Waals surface area (Å²) < 4.78 is 0. The van der Waals surface area contributed by atoms with E-state index in [2.05, 4.69) is 0 Å².